The Morgan fingerprint density at radius 2 is 0.951 bits per heavy atom. The Kier molecular flexibility index (Phi) is 5.46. The van der Waals surface area contributed by atoms with Gasteiger partial charge in [0.15, 0.2) is 5.82 Å². The van der Waals surface area contributed by atoms with Crippen molar-refractivity contribution in [3.63, 3.8) is 0 Å². The van der Waals surface area contributed by atoms with Crippen LogP contribution in [0.2, 0.25) is 0 Å². The second-order valence-electron chi connectivity index (χ2n) is 10.2. The Bertz CT molecular complexity index is 2210. The first kappa shape index (κ1) is 23.4. The van der Waals surface area contributed by atoms with E-state index >= 15 is 0 Å². The van der Waals surface area contributed by atoms with Gasteiger partial charge in [0.1, 0.15) is 11.2 Å². The van der Waals surface area contributed by atoms with E-state index in [0.29, 0.717) is 0 Å². The molecule has 0 aliphatic rings. The highest BCUT2D eigenvalue weighted by Crippen LogP contribution is 2.35. The molecule has 0 radical (unpaired) electrons. The van der Waals surface area contributed by atoms with Gasteiger partial charge in [0, 0.05) is 27.3 Å². The number of nitrogens with zero attached hydrogens (tertiary/aromatic N) is 2. The zero-order valence-corrected chi connectivity index (χ0v) is 22.2. The van der Waals surface area contributed by atoms with E-state index in [-0.39, 0.29) is 0 Å². The number of furan rings is 1. The molecular weight excluding hydrogens is 500 g/mol. The summed E-state index contributed by atoms with van der Waals surface area (Å²) in [5, 5.41) is 3.32. The molecule has 0 bridgehead atoms. The number of hydrogen-bond donors (Lipinski definition) is 0. The van der Waals surface area contributed by atoms with Crippen molar-refractivity contribution >= 4 is 32.8 Å². The molecule has 0 unspecified atom stereocenters. The lowest BCUT2D eigenvalue weighted by atomic mass is 9.97. The SMILES string of the molecule is c1ccc(-c2nc(-c3cccc(-c4cccc(-c5ccc6oc7ccccc7c6c5)c4)c3)nc3ccccc23)cc1. The summed E-state index contributed by atoms with van der Waals surface area (Å²) in [4.78, 5) is 10.0. The zero-order chi connectivity index (χ0) is 27.2. The average molecular weight is 525 g/mol. The molecular formula is C38H24N2O. The van der Waals surface area contributed by atoms with Crippen LogP contribution in [0, 0.1) is 0 Å². The lowest BCUT2D eigenvalue weighted by Crippen LogP contribution is -1.95. The van der Waals surface area contributed by atoms with Crippen LogP contribution in [0.1, 0.15) is 0 Å². The minimum Gasteiger partial charge on any atom is -0.456 e. The maximum atomic E-state index is 6.04. The van der Waals surface area contributed by atoms with Crippen molar-refractivity contribution in [3.8, 4) is 44.9 Å². The Labute approximate surface area is 237 Å². The molecule has 0 atom stereocenters. The molecule has 192 valence electrons. The van der Waals surface area contributed by atoms with Gasteiger partial charge < -0.3 is 4.42 Å². The van der Waals surface area contributed by atoms with Crippen molar-refractivity contribution in [1.82, 2.24) is 9.97 Å². The Morgan fingerprint density at radius 1 is 0.366 bits per heavy atom. The van der Waals surface area contributed by atoms with Crippen LogP contribution in [0.5, 0.6) is 0 Å². The van der Waals surface area contributed by atoms with Crippen molar-refractivity contribution in [3.05, 3.63) is 146 Å². The Balaban J connectivity index is 1.21. The van der Waals surface area contributed by atoms with E-state index in [1.807, 2.05) is 42.5 Å². The van der Waals surface area contributed by atoms with Gasteiger partial charge in [-0.25, -0.2) is 9.97 Å². The number of para-hydroxylation sites is 2. The number of hydrogen-bond acceptors (Lipinski definition) is 3. The van der Waals surface area contributed by atoms with Gasteiger partial charge in [-0.2, -0.15) is 0 Å². The highest BCUT2D eigenvalue weighted by molar-refractivity contribution is 6.06. The molecule has 3 nitrogen and oxygen atoms in total. The molecule has 0 aliphatic carbocycles. The van der Waals surface area contributed by atoms with Crippen molar-refractivity contribution < 1.29 is 4.42 Å². The molecule has 0 saturated heterocycles. The number of rotatable bonds is 4. The molecule has 0 N–H and O–H groups in total. The van der Waals surface area contributed by atoms with E-state index in [1.165, 1.54) is 0 Å². The van der Waals surface area contributed by atoms with Crippen molar-refractivity contribution in [1.29, 1.82) is 0 Å². The van der Waals surface area contributed by atoms with Crippen LogP contribution in [-0.4, -0.2) is 9.97 Å². The number of fused-ring (bicyclic) bond motifs is 4. The molecule has 6 aromatic carbocycles. The van der Waals surface area contributed by atoms with Crippen molar-refractivity contribution in [2.24, 2.45) is 0 Å². The maximum Gasteiger partial charge on any atom is 0.160 e. The molecule has 0 amide bonds. The molecule has 2 heterocycles. The lowest BCUT2D eigenvalue weighted by molar-refractivity contribution is 0.669. The molecule has 0 fully saturated rings. The van der Waals surface area contributed by atoms with Gasteiger partial charge in [-0.05, 0) is 58.7 Å². The zero-order valence-electron chi connectivity index (χ0n) is 22.2. The monoisotopic (exact) mass is 524 g/mol. The van der Waals surface area contributed by atoms with Crippen molar-refractivity contribution in [2.75, 3.05) is 0 Å². The van der Waals surface area contributed by atoms with Crippen LogP contribution >= 0.6 is 0 Å². The second kappa shape index (κ2) is 9.58. The maximum absolute atomic E-state index is 6.04. The second-order valence-corrected chi connectivity index (χ2v) is 10.2. The van der Waals surface area contributed by atoms with Crippen LogP contribution in [0.4, 0.5) is 0 Å². The third-order valence-electron chi connectivity index (χ3n) is 7.68. The Morgan fingerprint density at radius 3 is 1.76 bits per heavy atom. The van der Waals surface area contributed by atoms with Gasteiger partial charge in [0.2, 0.25) is 0 Å². The van der Waals surface area contributed by atoms with Crippen LogP contribution < -0.4 is 0 Å². The average Bonchev–Trinajstić information content (AvgIpc) is 3.43. The smallest absolute Gasteiger partial charge is 0.160 e. The summed E-state index contributed by atoms with van der Waals surface area (Å²) in [7, 11) is 0. The lowest BCUT2D eigenvalue weighted by Gasteiger charge is -2.11. The van der Waals surface area contributed by atoms with Crippen LogP contribution in [0.15, 0.2) is 150 Å². The van der Waals surface area contributed by atoms with Gasteiger partial charge in [0.25, 0.3) is 0 Å². The number of aromatic nitrogens is 2. The van der Waals surface area contributed by atoms with Gasteiger partial charge in [0.05, 0.1) is 11.2 Å². The molecule has 8 aromatic rings. The summed E-state index contributed by atoms with van der Waals surface area (Å²) in [6.07, 6.45) is 0. The fraction of sp³-hybridized carbons (Fsp3) is 0. The predicted molar refractivity (Wildman–Crippen MR) is 169 cm³/mol. The first-order valence-electron chi connectivity index (χ1n) is 13.7. The standard InChI is InChI=1S/C38H24N2O/c1-2-10-25(11-3-1)37-32-17-4-6-18-34(32)39-38(40-37)30-15-9-14-28(23-30)26-12-8-13-27(22-26)29-20-21-36-33(24-29)31-16-5-7-19-35(31)41-36/h1-24H. The molecule has 0 spiro atoms. The van der Waals surface area contributed by atoms with Crippen molar-refractivity contribution in [2.45, 2.75) is 0 Å². The van der Waals surface area contributed by atoms with Gasteiger partial charge >= 0.3 is 0 Å². The molecule has 3 heteroatoms. The highest BCUT2D eigenvalue weighted by atomic mass is 16.3. The van der Waals surface area contributed by atoms with E-state index in [4.69, 9.17) is 14.4 Å². The van der Waals surface area contributed by atoms with E-state index in [0.717, 1.165) is 77.7 Å². The Hall–Kier alpha value is -5.54. The first-order valence-corrected chi connectivity index (χ1v) is 13.7. The first-order chi connectivity index (χ1) is 20.3. The predicted octanol–water partition coefficient (Wildman–Crippen LogP) is 10.2. The third-order valence-corrected chi connectivity index (χ3v) is 7.68. The fourth-order valence-electron chi connectivity index (χ4n) is 5.64. The minimum atomic E-state index is 0.720. The number of benzene rings is 6. The van der Waals surface area contributed by atoms with Crippen LogP contribution in [-0.2, 0) is 0 Å². The van der Waals surface area contributed by atoms with E-state index in [2.05, 4.69) is 103 Å². The van der Waals surface area contributed by atoms with Crippen LogP contribution in [0.25, 0.3) is 77.7 Å². The summed E-state index contributed by atoms with van der Waals surface area (Å²) < 4.78 is 6.04. The summed E-state index contributed by atoms with van der Waals surface area (Å²) in [6.45, 7) is 0. The largest absolute Gasteiger partial charge is 0.456 e. The summed E-state index contributed by atoms with van der Waals surface area (Å²) in [6, 6.07) is 50.4. The van der Waals surface area contributed by atoms with Gasteiger partial charge in [-0.1, -0.05) is 109 Å². The topological polar surface area (TPSA) is 38.9 Å². The normalized spacial score (nSPS) is 11.4. The molecule has 8 rings (SSSR count). The van der Waals surface area contributed by atoms with E-state index in [9.17, 15) is 0 Å². The molecule has 41 heavy (non-hydrogen) atoms. The van der Waals surface area contributed by atoms with Gasteiger partial charge in [-0.15, -0.1) is 0 Å². The fourth-order valence-corrected chi connectivity index (χ4v) is 5.64. The summed E-state index contributed by atoms with van der Waals surface area (Å²) >= 11 is 0. The quantitative estimate of drug-likeness (QED) is 0.230. The summed E-state index contributed by atoms with van der Waals surface area (Å²) in [5.74, 6) is 0.720. The highest BCUT2D eigenvalue weighted by Gasteiger charge is 2.13. The minimum absolute atomic E-state index is 0.720. The van der Waals surface area contributed by atoms with Crippen LogP contribution in [0.3, 0.4) is 0 Å². The van der Waals surface area contributed by atoms with E-state index in [1.54, 1.807) is 0 Å². The molecule has 0 saturated carbocycles. The molecule has 0 aliphatic heterocycles. The molecule has 2 aromatic heterocycles. The van der Waals surface area contributed by atoms with E-state index < -0.39 is 0 Å². The summed E-state index contributed by atoms with van der Waals surface area (Å²) in [5.41, 5.74) is 10.4. The third kappa shape index (κ3) is 4.16. The van der Waals surface area contributed by atoms with Gasteiger partial charge in [-0.3, -0.25) is 0 Å².